The number of nitrogens with one attached hydrogen (secondary N) is 3. The maximum absolute atomic E-state index is 12.1. The number of thiazole rings is 2. The minimum absolute atomic E-state index is 0.0158. The molecule has 0 bridgehead atoms. The molecule has 0 aliphatic carbocycles. The molecule has 0 radical (unpaired) electrons. The average molecular weight is 501 g/mol. The molecule has 0 unspecified atom stereocenters. The Hall–Kier alpha value is -3.31. The van der Waals surface area contributed by atoms with Crippen molar-refractivity contribution in [2.24, 2.45) is 17.6 Å². The van der Waals surface area contributed by atoms with Crippen molar-refractivity contribution in [1.82, 2.24) is 9.97 Å². The van der Waals surface area contributed by atoms with Crippen molar-refractivity contribution in [3.63, 3.8) is 0 Å². The van der Waals surface area contributed by atoms with Gasteiger partial charge in [0.1, 0.15) is 21.4 Å². The van der Waals surface area contributed by atoms with Crippen LogP contribution in [0, 0.1) is 11.8 Å². The summed E-state index contributed by atoms with van der Waals surface area (Å²) in [6, 6.07) is 4.73. The molecule has 9 nitrogen and oxygen atoms in total. The molecule has 0 saturated heterocycles. The number of nitrogens with two attached hydrogens (primary N) is 1. The molecule has 2 aromatic heterocycles. The van der Waals surface area contributed by atoms with Crippen LogP contribution in [0.2, 0.25) is 0 Å². The van der Waals surface area contributed by atoms with E-state index in [0.29, 0.717) is 30.2 Å². The number of carbonyl (C=O) groups excluding carboxylic acids is 3. The highest BCUT2D eigenvalue weighted by molar-refractivity contribution is 7.10. The lowest BCUT2D eigenvalue weighted by molar-refractivity contribution is 0.0928. The largest absolute Gasteiger partial charge is 0.378 e. The van der Waals surface area contributed by atoms with Crippen LogP contribution in [0.5, 0.6) is 0 Å². The summed E-state index contributed by atoms with van der Waals surface area (Å²) in [5, 5.41) is 14.2. The van der Waals surface area contributed by atoms with Gasteiger partial charge in [0, 0.05) is 39.7 Å². The minimum Gasteiger partial charge on any atom is -0.378 e. The molecule has 180 valence electrons. The molecule has 2 heterocycles. The number of hydrogen-bond donors (Lipinski definition) is 4. The Labute approximate surface area is 206 Å². The average Bonchev–Trinajstić information content (AvgIpc) is 3.44. The molecule has 0 fully saturated rings. The lowest BCUT2D eigenvalue weighted by Crippen LogP contribution is -2.19. The Bertz CT molecular complexity index is 1100. The van der Waals surface area contributed by atoms with Crippen LogP contribution in [-0.4, -0.2) is 27.6 Å². The van der Waals surface area contributed by atoms with Gasteiger partial charge in [-0.3, -0.25) is 9.59 Å². The van der Waals surface area contributed by atoms with E-state index < -0.39 is 6.03 Å². The van der Waals surface area contributed by atoms with Crippen LogP contribution in [0.1, 0.15) is 58.7 Å². The van der Waals surface area contributed by atoms with Crippen LogP contribution >= 0.6 is 22.7 Å². The number of amides is 2. The van der Waals surface area contributed by atoms with Crippen molar-refractivity contribution < 1.29 is 14.4 Å². The zero-order valence-corrected chi connectivity index (χ0v) is 21.1. The van der Waals surface area contributed by atoms with E-state index in [1.807, 2.05) is 33.8 Å². The Morgan fingerprint density at radius 3 is 1.59 bits per heavy atom. The molecule has 11 heteroatoms. The van der Waals surface area contributed by atoms with Gasteiger partial charge in [0.15, 0.2) is 11.6 Å². The fraction of sp³-hybridized carbons (Fsp3) is 0.348. The molecule has 1 aromatic carbocycles. The standard InChI is InChI=1S/C23H28N6O3S2/c1-12(2)21(30)17-10-33-19(28-17)8-25-14-5-15(7-16(6-14)27-23(24)32)26-9-20-29-18(11-34-20)22(31)13(3)4/h5-7,10-13,25-26H,8-9H2,1-4H3,(H3,24,27,32). The molecule has 5 N–H and O–H groups in total. The van der Waals surface area contributed by atoms with Crippen LogP contribution in [0.15, 0.2) is 29.0 Å². The normalized spacial score (nSPS) is 11.0. The number of aromatic nitrogens is 2. The van der Waals surface area contributed by atoms with Crippen molar-refractivity contribution in [3.05, 3.63) is 50.4 Å². The second-order valence-corrected chi connectivity index (χ2v) is 10.2. The monoisotopic (exact) mass is 500 g/mol. The summed E-state index contributed by atoms with van der Waals surface area (Å²) >= 11 is 2.83. The fourth-order valence-electron chi connectivity index (χ4n) is 3.00. The van der Waals surface area contributed by atoms with Gasteiger partial charge in [-0.15, -0.1) is 22.7 Å². The first kappa shape index (κ1) is 25.3. The second kappa shape index (κ2) is 11.2. The molecule has 3 aromatic rings. The predicted octanol–water partition coefficient (Wildman–Crippen LogP) is 4.99. The summed E-state index contributed by atoms with van der Waals surface area (Å²) in [6.07, 6.45) is 0. The molecule has 0 aliphatic rings. The summed E-state index contributed by atoms with van der Waals surface area (Å²) in [5.41, 5.74) is 8.22. The topological polar surface area (TPSA) is 139 Å². The smallest absolute Gasteiger partial charge is 0.316 e. The van der Waals surface area contributed by atoms with Gasteiger partial charge in [0.2, 0.25) is 0 Å². The molecule has 0 aliphatic heterocycles. The van der Waals surface area contributed by atoms with Crippen LogP contribution < -0.4 is 21.7 Å². The third-order valence-electron chi connectivity index (χ3n) is 4.75. The lowest BCUT2D eigenvalue weighted by Gasteiger charge is -2.12. The number of benzene rings is 1. The van der Waals surface area contributed by atoms with Crippen molar-refractivity contribution in [3.8, 4) is 0 Å². The highest BCUT2D eigenvalue weighted by Gasteiger charge is 2.15. The van der Waals surface area contributed by atoms with E-state index >= 15 is 0 Å². The van der Waals surface area contributed by atoms with Gasteiger partial charge in [-0.05, 0) is 18.2 Å². The Morgan fingerprint density at radius 2 is 1.21 bits per heavy atom. The number of carbonyl (C=O) groups is 3. The first-order valence-corrected chi connectivity index (χ1v) is 12.5. The zero-order chi connectivity index (χ0) is 24.8. The Morgan fingerprint density at radius 1 is 0.794 bits per heavy atom. The number of anilines is 3. The zero-order valence-electron chi connectivity index (χ0n) is 19.5. The van der Waals surface area contributed by atoms with Crippen molar-refractivity contribution in [2.75, 3.05) is 16.0 Å². The van der Waals surface area contributed by atoms with E-state index in [2.05, 4.69) is 25.9 Å². The fourth-order valence-corrected chi connectivity index (χ4v) is 4.45. The van der Waals surface area contributed by atoms with Crippen LogP contribution in [0.3, 0.4) is 0 Å². The van der Waals surface area contributed by atoms with Gasteiger partial charge in [0.25, 0.3) is 0 Å². The molecule has 3 rings (SSSR count). The first-order valence-electron chi connectivity index (χ1n) is 10.8. The number of nitrogens with zero attached hydrogens (tertiary/aromatic N) is 2. The first-order chi connectivity index (χ1) is 16.1. The number of Topliss-reactive ketones (excluding diaryl/α,β-unsaturated/α-hetero) is 2. The van der Waals surface area contributed by atoms with E-state index in [1.54, 1.807) is 22.9 Å². The third-order valence-corrected chi connectivity index (χ3v) is 6.44. The summed E-state index contributed by atoms with van der Waals surface area (Å²) < 4.78 is 0. The number of primary amides is 1. The Kier molecular flexibility index (Phi) is 8.35. The molecule has 34 heavy (non-hydrogen) atoms. The van der Waals surface area contributed by atoms with Crippen molar-refractivity contribution >= 4 is 57.3 Å². The Balaban J connectivity index is 1.70. The molecular formula is C23H28N6O3S2. The van der Waals surface area contributed by atoms with Gasteiger partial charge in [-0.1, -0.05) is 27.7 Å². The van der Waals surface area contributed by atoms with Crippen molar-refractivity contribution in [2.45, 2.75) is 40.8 Å². The van der Waals surface area contributed by atoms with Crippen LogP contribution in [0.4, 0.5) is 21.9 Å². The van der Waals surface area contributed by atoms with Gasteiger partial charge in [-0.2, -0.15) is 0 Å². The van der Waals surface area contributed by atoms with E-state index in [0.717, 1.165) is 21.4 Å². The molecule has 0 atom stereocenters. The molecule has 0 saturated carbocycles. The van der Waals surface area contributed by atoms with E-state index in [4.69, 9.17) is 5.73 Å². The van der Waals surface area contributed by atoms with E-state index in [1.165, 1.54) is 22.7 Å². The van der Waals surface area contributed by atoms with Crippen molar-refractivity contribution in [1.29, 1.82) is 0 Å². The molecule has 2 amide bonds. The van der Waals surface area contributed by atoms with Gasteiger partial charge >= 0.3 is 6.03 Å². The summed E-state index contributed by atoms with van der Waals surface area (Å²) in [7, 11) is 0. The summed E-state index contributed by atoms with van der Waals surface area (Å²) in [6.45, 7) is 8.23. The van der Waals surface area contributed by atoms with E-state index in [9.17, 15) is 14.4 Å². The highest BCUT2D eigenvalue weighted by Crippen LogP contribution is 2.25. The van der Waals surface area contributed by atoms with Gasteiger partial charge in [0.05, 0.1) is 13.1 Å². The third kappa shape index (κ3) is 6.84. The summed E-state index contributed by atoms with van der Waals surface area (Å²) in [4.78, 5) is 44.5. The van der Waals surface area contributed by atoms with Crippen LogP contribution in [-0.2, 0) is 13.1 Å². The SMILES string of the molecule is CC(C)C(=O)c1csc(CNc2cc(NCc3nc(C(=O)C(C)C)cs3)cc(NC(N)=O)c2)n1. The molecular weight excluding hydrogens is 472 g/mol. The molecule has 0 spiro atoms. The highest BCUT2D eigenvalue weighted by atomic mass is 32.1. The number of urea groups is 1. The number of ketones is 2. The van der Waals surface area contributed by atoms with Gasteiger partial charge < -0.3 is 21.7 Å². The van der Waals surface area contributed by atoms with Gasteiger partial charge in [-0.25, -0.2) is 14.8 Å². The lowest BCUT2D eigenvalue weighted by atomic mass is 10.1. The minimum atomic E-state index is -0.670. The maximum Gasteiger partial charge on any atom is 0.316 e. The maximum atomic E-state index is 12.1. The van der Waals surface area contributed by atoms with E-state index in [-0.39, 0.29) is 23.4 Å². The number of hydrogen-bond acceptors (Lipinski definition) is 9. The summed E-state index contributed by atoms with van der Waals surface area (Å²) in [5.74, 6) is -0.180. The van der Waals surface area contributed by atoms with Crippen LogP contribution in [0.25, 0.3) is 0 Å². The second-order valence-electron chi connectivity index (χ2n) is 8.29. The number of rotatable bonds is 11. The predicted molar refractivity (Wildman–Crippen MR) is 137 cm³/mol. The quantitative estimate of drug-likeness (QED) is 0.272.